The van der Waals surface area contributed by atoms with Gasteiger partial charge in [0.1, 0.15) is 0 Å². The molecule has 1 atom stereocenters. The van der Waals surface area contributed by atoms with Crippen LogP contribution in [0.5, 0.6) is 0 Å². The second-order valence-electron chi connectivity index (χ2n) is 5.37. The molecule has 20 heavy (non-hydrogen) atoms. The maximum Gasteiger partial charge on any atom is 0.0931 e. The highest BCUT2D eigenvalue weighted by atomic mass is 15.2. The zero-order chi connectivity index (χ0) is 13.4. The maximum atomic E-state index is 4.29. The number of anilines is 1. The minimum atomic E-state index is 0.497. The van der Waals surface area contributed by atoms with Crippen LogP contribution in [0.1, 0.15) is 24.4 Å². The van der Waals surface area contributed by atoms with Crippen LogP contribution in [0.3, 0.4) is 0 Å². The van der Waals surface area contributed by atoms with Gasteiger partial charge in [-0.2, -0.15) is 0 Å². The van der Waals surface area contributed by atoms with E-state index >= 15 is 0 Å². The lowest BCUT2D eigenvalue weighted by Crippen LogP contribution is -2.22. The fourth-order valence-corrected chi connectivity index (χ4v) is 3.20. The molecule has 0 radical (unpaired) electrons. The Balaban J connectivity index is 1.72. The van der Waals surface area contributed by atoms with Crippen molar-refractivity contribution in [3.63, 3.8) is 0 Å². The van der Waals surface area contributed by atoms with Crippen molar-refractivity contribution < 1.29 is 0 Å². The summed E-state index contributed by atoms with van der Waals surface area (Å²) in [5.74, 6) is 0. The van der Waals surface area contributed by atoms with E-state index in [2.05, 4.69) is 63.4 Å². The van der Waals surface area contributed by atoms with Crippen LogP contribution < -0.4 is 4.90 Å². The van der Waals surface area contributed by atoms with Crippen molar-refractivity contribution in [2.75, 3.05) is 11.4 Å². The molecule has 3 aromatic rings. The standard InChI is InChI=1S/C17H17N3/c1-2-5-13(6-3-1)17-7-4-10-20(17)14-8-9-15-16(11-14)19-12-18-15/h1-3,5-6,8-9,11-12,17H,4,7,10H2,(H,18,19). The number of H-pyrrole nitrogens is 1. The van der Waals surface area contributed by atoms with E-state index in [9.17, 15) is 0 Å². The Hall–Kier alpha value is -2.29. The number of hydrogen-bond acceptors (Lipinski definition) is 2. The van der Waals surface area contributed by atoms with E-state index in [4.69, 9.17) is 0 Å². The number of aromatic nitrogens is 2. The van der Waals surface area contributed by atoms with Crippen LogP contribution in [0.25, 0.3) is 11.0 Å². The van der Waals surface area contributed by atoms with Crippen molar-refractivity contribution in [3.05, 3.63) is 60.4 Å². The summed E-state index contributed by atoms with van der Waals surface area (Å²) >= 11 is 0. The quantitative estimate of drug-likeness (QED) is 0.760. The molecule has 1 fully saturated rings. The van der Waals surface area contributed by atoms with E-state index in [-0.39, 0.29) is 0 Å². The summed E-state index contributed by atoms with van der Waals surface area (Å²) in [6.07, 6.45) is 4.23. The second kappa shape index (κ2) is 4.67. The number of rotatable bonds is 2. The zero-order valence-corrected chi connectivity index (χ0v) is 11.3. The fourth-order valence-electron chi connectivity index (χ4n) is 3.20. The second-order valence-corrected chi connectivity index (χ2v) is 5.37. The molecule has 1 aromatic heterocycles. The van der Waals surface area contributed by atoms with Gasteiger partial charge in [0.2, 0.25) is 0 Å². The molecule has 0 saturated carbocycles. The number of fused-ring (bicyclic) bond motifs is 1. The lowest BCUT2D eigenvalue weighted by Gasteiger charge is -2.27. The van der Waals surface area contributed by atoms with Gasteiger partial charge in [-0.3, -0.25) is 0 Å². The Bertz CT molecular complexity index is 717. The molecule has 0 spiro atoms. The Morgan fingerprint density at radius 3 is 2.90 bits per heavy atom. The summed E-state index contributed by atoms with van der Waals surface area (Å²) in [6, 6.07) is 17.8. The van der Waals surface area contributed by atoms with Gasteiger partial charge in [0.05, 0.1) is 23.4 Å². The molecule has 3 nitrogen and oxygen atoms in total. The third-order valence-electron chi connectivity index (χ3n) is 4.17. The van der Waals surface area contributed by atoms with Crippen molar-refractivity contribution in [1.29, 1.82) is 0 Å². The minimum absolute atomic E-state index is 0.497. The van der Waals surface area contributed by atoms with Gasteiger partial charge in [-0.25, -0.2) is 4.98 Å². The molecule has 2 heterocycles. The van der Waals surface area contributed by atoms with Crippen molar-refractivity contribution in [3.8, 4) is 0 Å². The molecule has 2 aromatic carbocycles. The Labute approximate surface area is 118 Å². The predicted molar refractivity (Wildman–Crippen MR) is 81.9 cm³/mol. The molecule has 0 aliphatic carbocycles. The molecule has 0 bridgehead atoms. The lowest BCUT2D eigenvalue weighted by molar-refractivity contribution is 0.719. The largest absolute Gasteiger partial charge is 0.364 e. The van der Waals surface area contributed by atoms with Crippen molar-refractivity contribution in [2.24, 2.45) is 0 Å². The lowest BCUT2D eigenvalue weighted by atomic mass is 10.0. The third kappa shape index (κ3) is 1.86. The van der Waals surface area contributed by atoms with E-state index in [1.54, 1.807) is 6.33 Å². The molecule has 1 saturated heterocycles. The van der Waals surface area contributed by atoms with Crippen LogP contribution in [0.15, 0.2) is 54.9 Å². The topological polar surface area (TPSA) is 31.9 Å². The number of nitrogens with one attached hydrogen (secondary N) is 1. The molecule has 1 aliphatic heterocycles. The van der Waals surface area contributed by atoms with E-state index in [0.717, 1.165) is 17.6 Å². The third-order valence-corrected chi connectivity index (χ3v) is 4.17. The first-order chi connectivity index (χ1) is 9.92. The van der Waals surface area contributed by atoms with Crippen molar-refractivity contribution in [2.45, 2.75) is 18.9 Å². The molecule has 3 heteroatoms. The molecular weight excluding hydrogens is 246 g/mol. The zero-order valence-electron chi connectivity index (χ0n) is 11.3. The number of imidazole rings is 1. The van der Waals surface area contributed by atoms with Gasteiger partial charge in [-0.1, -0.05) is 30.3 Å². The van der Waals surface area contributed by atoms with Gasteiger partial charge in [0.15, 0.2) is 0 Å². The smallest absolute Gasteiger partial charge is 0.0931 e. The average molecular weight is 263 g/mol. The van der Waals surface area contributed by atoms with Crippen molar-refractivity contribution >= 4 is 16.7 Å². The highest BCUT2D eigenvalue weighted by Crippen LogP contribution is 2.36. The first-order valence-corrected chi connectivity index (χ1v) is 7.16. The first-order valence-electron chi connectivity index (χ1n) is 7.16. The normalized spacial score (nSPS) is 18.8. The average Bonchev–Trinajstić information content (AvgIpc) is 3.16. The van der Waals surface area contributed by atoms with Crippen LogP contribution in [0.2, 0.25) is 0 Å². The first kappa shape index (κ1) is 11.5. The molecule has 100 valence electrons. The molecule has 4 rings (SSSR count). The molecule has 1 N–H and O–H groups in total. The molecule has 1 unspecified atom stereocenters. The Morgan fingerprint density at radius 2 is 2.00 bits per heavy atom. The number of aromatic amines is 1. The van der Waals surface area contributed by atoms with Gasteiger partial charge in [-0.15, -0.1) is 0 Å². The monoisotopic (exact) mass is 263 g/mol. The van der Waals surface area contributed by atoms with Crippen LogP contribution in [-0.4, -0.2) is 16.5 Å². The van der Waals surface area contributed by atoms with Gasteiger partial charge < -0.3 is 9.88 Å². The minimum Gasteiger partial charge on any atom is -0.364 e. The SMILES string of the molecule is c1ccc(C2CCCN2c2ccc3nc[nH]c3c2)cc1. The molecule has 1 aliphatic rings. The number of benzene rings is 2. The van der Waals surface area contributed by atoms with E-state index < -0.39 is 0 Å². The Kier molecular flexibility index (Phi) is 2.69. The summed E-state index contributed by atoms with van der Waals surface area (Å²) < 4.78 is 0. The number of nitrogens with zero attached hydrogens (tertiary/aromatic N) is 2. The summed E-state index contributed by atoms with van der Waals surface area (Å²) in [5.41, 5.74) is 4.84. The highest BCUT2D eigenvalue weighted by molar-refractivity contribution is 5.79. The predicted octanol–water partition coefficient (Wildman–Crippen LogP) is 3.90. The molecule has 0 amide bonds. The van der Waals surface area contributed by atoms with Gasteiger partial charge in [0, 0.05) is 12.2 Å². The van der Waals surface area contributed by atoms with Crippen LogP contribution in [0.4, 0.5) is 5.69 Å². The Morgan fingerprint density at radius 1 is 1.10 bits per heavy atom. The summed E-state index contributed by atoms with van der Waals surface area (Å²) in [7, 11) is 0. The fraction of sp³-hybridized carbons (Fsp3) is 0.235. The number of hydrogen-bond donors (Lipinski definition) is 1. The van der Waals surface area contributed by atoms with Crippen LogP contribution >= 0.6 is 0 Å². The molecular formula is C17H17N3. The van der Waals surface area contributed by atoms with Crippen LogP contribution in [-0.2, 0) is 0 Å². The van der Waals surface area contributed by atoms with Gasteiger partial charge >= 0.3 is 0 Å². The summed E-state index contributed by atoms with van der Waals surface area (Å²) in [6.45, 7) is 1.12. The summed E-state index contributed by atoms with van der Waals surface area (Å²) in [5, 5.41) is 0. The van der Waals surface area contributed by atoms with E-state index in [0.29, 0.717) is 6.04 Å². The van der Waals surface area contributed by atoms with E-state index in [1.165, 1.54) is 24.1 Å². The maximum absolute atomic E-state index is 4.29. The van der Waals surface area contributed by atoms with Crippen molar-refractivity contribution in [1.82, 2.24) is 9.97 Å². The highest BCUT2D eigenvalue weighted by Gasteiger charge is 2.26. The van der Waals surface area contributed by atoms with Gasteiger partial charge in [0.25, 0.3) is 0 Å². The van der Waals surface area contributed by atoms with Gasteiger partial charge in [-0.05, 0) is 36.6 Å². The summed E-state index contributed by atoms with van der Waals surface area (Å²) in [4.78, 5) is 10.00. The van der Waals surface area contributed by atoms with E-state index in [1.807, 2.05) is 0 Å². The van der Waals surface area contributed by atoms with Crippen LogP contribution in [0, 0.1) is 0 Å².